The van der Waals surface area contributed by atoms with Gasteiger partial charge in [-0.1, -0.05) is 6.07 Å². The van der Waals surface area contributed by atoms with Crippen LogP contribution in [0.2, 0.25) is 0 Å². The van der Waals surface area contributed by atoms with Crippen molar-refractivity contribution in [1.29, 1.82) is 0 Å². The molecule has 0 fully saturated rings. The number of halogens is 1. The largest absolute Gasteiger partial charge is 0.495 e. The molecular formula is C9H11BrO2. The molecule has 0 atom stereocenters. The Morgan fingerprint density at radius 2 is 2.00 bits per heavy atom. The summed E-state index contributed by atoms with van der Waals surface area (Å²) in [7, 11) is 1.63. The molecule has 2 nitrogen and oxygen atoms in total. The lowest BCUT2D eigenvalue weighted by molar-refractivity contribution is 0.333. The molecule has 0 saturated carbocycles. The molecule has 0 unspecified atom stereocenters. The van der Waals surface area contributed by atoms with Gasteiger partial charge in [0.1, 0.15) is 16.0 Å². The highest BCUT2D eigenvalue weighted by molar-refractivity contribution is 9.10. The van der Waals surface area contributed by atoms with Gasteiger partial charge in [-0.25, -0.2) is 0 Å². The van der Waals surface area contributed by atoms with Crippen molar-refractivity contribution in [2.24, 2.45) is 0 Å². The molecule has 0 aliphatic heterocycles. The van der Waals surface area contributed by atoms with E-state index in [4.69, 9.17) is 9.47 Å². The van der Waals surface area contributed by atoms with Gasteiger partial charge >= 0.3 is 0 Å². The first-order chi connectivity index (χ1) is 5.79. The van der Waals surface area contributed by atoms with E-state index in [1.54, 1.807) is 7.11 Å². The van der Waals surface area contributed by atoms with Crippen molar-refractivity contribution >= 4 is 15.9 Å². The minimum Gasteiger partial charge on any atom is -0.495 e. The fourth-order valence-corrected chi connectivity index (χ4v) is 1.46. The van der Waals surface area contributed by atoms with E-state index in [0.29, 0.717) is 6.61 Å². The Balaban J connectivity index is 2.97. The summed E-state index contributed by atoms with van der Waals surface area (Å²) < 4.78 is 11.3. The molecule has 0 aliphatic carbocycles. The lowest BCUT2D eigenvalue weighted by Gasteiger charge is -2.08. The third kappa shape index (κ3) is 1.91. The first-order valence-corrected chi connectivity index (χ1v) is 4.54. The van der Waals surface area contributed by atoms with Gasteiger partial charge in [0, 0.05) is 0 Å². The normalized spacial score (nSPS) is 9.58. The molecule has 3 heteroatoms. The topological polar surface area (TPSA) is 18.5 Å². The van der Waals surface area contributed by atoms with Crippen LogP contribution < -0.4 is 9.47 Å². The molecule has 0 spiro atoms. The summed E-state index contributed by atoms with van der Waals surface area (Å²) in [6.07, 6.45) is 0. The van der Waals surface area contributed by atoms with E-state index < -0.39 is 0 Å². The SMILES string of the molecule is CCOc1cccc(OC)c1Br. The van der Waals surface area contributed by atoms with Crippen LogP contribution in [-0.2, 0) is 0 Å². The standard InChI is InChI=1S/C9H11BrO2/c1-3-12-8-6-4-5-7(11-2)9(8)10/h4-6H,3H2,1-2H3. The Kier molecular flexibility index (Phi) is 3.41. The van der Waals surface area contributed by atoms with Crippen LogP contribution in [0.1, 0.15) is 6.92 Å². The Hall–Kier alpha value is -0.700. The van der Waals surface area contributed by atoms with Crippen molar-refractivity contribution in [3.8, 4) is 11.5 Å². The average Bonchev–Trinajstić information content (AvgIpc) is 2.09. The van der Waals surface area contributed by atoms with Crippen molar-refractivity contribution in [3.05, 3.63) is 22.7 Å². The molecule has 0 saturated heterocycles. The van der Waals surface area contributed by atoms with E-state index in [9.17, 15) is 0 Å². The first kappa shape index (κ1) is 9.39. The fraction of sp³-hybridized carbons (Fsp3) is 0.333. The lowest BCUT2D eigenvalue weighted by atomic mass is 10.3. The molecule has 0 heterocycles. The molecule has 1 rings (SSSR count). The van der Waals surface area contributed by atoms with Crippen molar-refractivity contribution in [2.45, 2.75) is 6.92 Å². The number of rotatable bonds is 3. The monoisotopic (exact) mass is 230 g/mol. The van der Waals surface area contributed by atoms with Crippen molar-refractivity contribution in [1.82, 2.24) is 0 Å². The van der Waals surface area contributed by atoms with E-state index in [2.05, 4.69) is 15.9 Å². The smallest absolute Gasteiger partial charge is 0.137 e. The Labute approximate surface area is 80.6 Å². The predicted molar refractivity (Wildman–Crippen MR) is 51.9 cm³/mol. The zero-order valence-electron chi connectivity index (χ0n) is 7.13. The third-order valence-corrected chi connectivity index (χ3v) is 2.23. The molecule has 0 amide bonds. The second-order valence-corrected chi connectivity index (χ2v) is 3.00. The maximum Gasteiger partial charge on any atom is 0.137 e. The van der Waals surface area contributed by atoms with Crippen LogP contribution in [0.5, 0.6) is 11.5 Å². The average molecular weight is 231 g/mol. The predicted octanol–water partition coefficient (Wildman–Crippen LogP) is 2.86. The first-order valence-electron chi connectivity index (χ1n) is 3.75. The Bertz CT molecular complexity index is 261. The number of hydrogen-bond acceptors (Lipinski definition) is 2. The quantitative estimate of drug-likeness (QED) is 0.796. The molecule has 0 N–H and O–H groups in total. The summed E-state index contributed by atoms with van der Waals surface area (Å²) >= 11 is 3.39. The summed E-state index contributed by atoms with van der Waals surface area (Å²) in [5, 5.41) is 0. The van der Waals surface area contributed by atoms with Crippen LogP contribution in [0.4, 0.5) is 0 Å². The van der Waals surface area contributed by atoms with E-state index in [1.807, 2.05) is 25.1 Å². The van der Waals surface area contributed by atoms with Gasteiger partial charge in [-0.15, -0.1) is 0 Å². The van der Waals surface area contributed by atoms with E-state index in [0.717, 1.165) is 16.0 Å². The molecule has 0 aromatic heterocycles. The van der Waals surface area contributed by atoms with Crippen molar-refractivity contribution < 1.29 is 9.47 Å². The van der Waals surface area contributed by atoms with Crippen LogP contribution in [0.15, 0.2) is 22.7 Å². The molecule has 0 aliphatic rings. The maximum atomic E-state index is 5.35. The summed E-state index contributed by atoms with van der Waals surface area (Å²) in [5.41, 5.74) is 0. The number of methoxy groups -OCH3 is 1. The number of hydrogen-bond donors (Lipinski definition) is 0. The van der Waals surface area contributed by atoms with Crippen LogP contribution in [-0.4, -0.2) is 13.7 Å². The van der Waals surface area contributed by atoms with Gasteiger partial charge in [0.15, 0.2) is 0 Å². The Morgan fingerprint density at radius 3 is 2.58 bits per heavy atom. The van der Waals surface area contributed by atoms with Gasteiger partial charge in [0.05, 0.1) is 13.7 Å². The van der Waals surface area contributed by atoms with Gasteiger partial charge in [0.2, 0.25) is 0 Å². The highest BCUT2D eigenvalue weighted by atomic mass is 79.9. The molecule has 12 heavy (non-hydrogen) atoms. The van der Waals surface area contributed by atoms with Crippen LogP contribution >= 0.6 is 15.9 Å². The maximum absolute atomic E-state index is 5.35. The molecule has 0 bridgehead atoms. The number of ether oxygens (including phenoxy) is 2. The minimum atomic E-state index is 0.658. The third-order valence-electron chi connectivity index (χ3n) is 1.45. The fourth-order valence-electron chi connectivity index (χ4n) is 0.915. The summed E-state index contributed by atoms with van der Waals surface area (Å²) in [4.78, 5) is 0. The molecular weight excluding hydrogens is 220 g/mol. The Morgan fingerprint density at radius 1 is 1.33 bits per heavy atom. The van der Waals surface area contributed by atoms with Gasteiger partial charge in [0.25, 0.3) is 0 Å². The highest BCUT2D eigenvalue weighted by Crippen LogP contribution is 2.33. The molecule has 0 radical (unpaired) electrons. The zero-order chi connectivity index (χ0) is 8.97. The second-order valence-electron chi connectivity index (χ2n) is 2.21. The minimum absolute atomic E-state index is 0.658. The molecule has 1 aromatic rings. The van der Waals surface area contributed by atoms with Crippen molar-refractivity contribution in [3.63, 3.8) is 0 Å². The van der Waals surface area contributed by atoms with Crippen molar-refractivity contribution in [2.75, 3.05) is 13.7 Å². The number of benzene rings is 1. The van der Waals surface area contributed by atoms with Gasteiger partial charge in [-0.05, 0) is 35.0 Å². The molecule has 1 aromatic carbocycles. The van der Waals surface area contributed by atoms with E-state index in [-0.39, 0.29) is 0 Å². The van der Waals surface area contributed by atoms with Gasteiger partial charge < -0.3 is 9.47 Å². The van der Waals surface area contributed by atoms with Gasteiger partial charge in [-0.2, -0.15) is 0 Å². The van der Waals surface area contributed by atoms with Crippen LogP contribution in [0, 0.1) is 0 Å². The van der Waals surface area contributed by atoms with Crippen LogP contribution in [0.25, 0.3) is 0 Å². The highest BCUT2D eigenvalue weighted by Gasteiger charge is 2.05. The van der Waals surface area contributed by atoms with E-state index in [1.165, 1.54) is 0 Å². The summed E-state index contributed by atoms with van der Waals surface area (Å²) in [6.45, 7) is 2.61. The summed E-state index contributed by atoms with van der Waals surface area (Å²) in [5.74, 6) is 1.61. The van der Waals surface area contributed by atoms with Gasteiger partial charge in [-0.3, -0.25) is 0 Å². The second kappa shape index (κ2) is 4.36. The lowest BCUT2D eigenvalue weighted by Crippen LogP contribution is -1.93. The summed E-state index contributed by atoms with van der Waals surface area (Å²) in [6, 6.07) is 5.68. The zero-order valence-corrected chi connectivity index (χ0v) is 8.72. The van der Waals surface area contributed by atoms with E-state index >= 15 is 0 Å². The molecule has 66 valence electrons. The van der Waals surface area contributed by atoms with Crippen LogP contribution in [0.3, 0.4) is 0 Å².